The van der Waals surface area contributed by atoms with Crippen LogP contribution in [0.15, 0.2) is 30.3 Å². The van der Waals surface area contributed by atoms with Crippen molar-refractivity contribution in [3.05, 3.63) is 35.9 Å². The van der Waals surface area contributed by atoms with Gasteiger partial charge in [-0.3, -0.25) is 0 Å². The first-order valence-corrected chi connectivity index (χ1v) is 2.98. The van der Waals surface area contributed by atoms with Gasteiger partial charge < -0.3 is 4.74 Å². The second-order valence-corrected chi connectivity index (χ2v) is 1.86. The van der Waals surface area contributed by atoms with Gasteiger partial charge in [-0.2, -0.15) is 0 Å². The van der Waals surface area contributed by atoms with Crippen LogP contribution in [-0.4, -0.2) is 13.1 Å². The molecule has 0 bridgehead atoms. The van der Waals surface area contributed by atoms with Crippen LogP contribution in [0.5, 0.6) is 0 Å². The fourth-order valence-electron chi connectivity index (χ4n) is 0.692. The third kappa shape index (κ3) is 2.74. The Bertz CT molecular complexity index is 221. The van der Waals surface area contributed by atoms with E-state index in [9.17, 15) is 4.79 Å². The molecule has 60 valence electrons. The van der Waals surface area contributed by atoms with Gasteiger partial charge in [0.15, 0.2) is 0 Å². The third-order valence-corrected chi connectivity index (χ3v) is 1.19. The van der Waals surface area contributed by atoms with Gasteiger partial charge >= 0.3 is 5.97 Å². The first kappa shape index (κ1) is 10.2. The van der Waals surface area contributed by atoms with Crippen molar-refractivity contribution >= 4 is 5.97 Å². The smallest absolute Gasteiger partial charge is 0.337 e. The maximum Gasteiger partial charge on any atom is 0.337 e. The van der Waals surface area contributed by atoms with Gasteiger partial charge in [0.25, 0.3) is 0 Å². The number of benzene rings is 1. The van der Waals surface area contributed by atoms with Crippen molar-refractivity contribution < 1.29 is 26.6 Å². The van der Waals surface area contributed by atoms with Gasteiger partial charge in [-0.15, -0.1) is 0 Å². The van der Waals surface area contributed by atoms with Gasteiger partial charge in [0.1, 0.15) is 0 Å². The normalized spacial score (nSPS) is 8.09. The Kier molecular flexibility index (Phi) is 4.58. The van der Waals surface area contributed by atoms with Crippen LogP contribution in [0.2, 0.25) is 0 Å². The maximum atomic E-state index is 10.8. The van der Waals surface area contributed by atoms with Crippen LogP contribution in [0.25, 0.3) is 0 Å². The summed E-state index contributed by atoms with van der Waals surface area (Å²) in [5.41, 5.74) is 0.588. The third-order valence-electron chi connectivity index (χ3n) is 1.19. The van der Waals surface area contributed by atoms with E-state index in [4.69, 9.17) is 0 Å². The Labute approximate surface area is 76.0 Å². The minimum Gasteiger partial charge on any atom is -0.465 e. The number of hydrogen-bond donors (Lipinski definition) is 0. The number of carbonyl (C=O) groups is 1. The standard InChI is InChI=1S/C8H8O2.Fe/c1-10-8(9)7-5-3-2-4-6-7;/h2-6H,1H3;. The van der Waals surface area contributed by atoms with E-state index in [1.165, 1.54) is 7.11 Å². The molecule has 1 aromatic carbocycles. The van der Waals surface area contributed by atoms with E-state index in [1.807, 2.05) is 6.07 Å². The molecule has 0 saturated heterocycles. The van der Waals surface area contributed by atoms with Gasteiger partial charge in [-0.25, -0.2) is 4.79 Å². The first-order valence-electron chi connectivity index (χ1n) is 2.98. The minimum absolute atomic E-state index is 0. The van der Waals surface area contributed by atoms with Crippen molar-refractivity contribution in [1.29, 1.82) is 0 Å². The summed E-state index contributed by atoms with van der Waals surface area (Å²) in [5, 5.41) is 0. The Hall–Kier alpha value is -0.791. The average Bonchev–Trinajstić information content (AvgIpc) is 2.05. The molecule has 0 aliphatic carbocycles. The van der Waals surface area contributed by atoms with Gasteiger partial charge in [0.05, 0.1) is 12.7 Å². The van der Waals surface area contributed by atoms with E-state index in [2.05, 4.69) is 4.74 Å². The van der Waals surface area contributed by atoms with Crippen molar-refractivity contribution in [3.8, 4) is 0 Å². The van der Waals surface area contributed by atoms with Crippen molar-refractivity contribution in [2.45, 2.75) is 0 Å². The molecule has 0 heterocycles. The molecular weight excluding hydrogens is 184 g/mol. The zero-order valence-corrected chi connectivity index (χ0v) is 7.16. The molecule has 0 unspecified atom stereocenters. The molecule has 0 N–H and O–H groups in total. The molecular formula is C8H8FeO2. The van der Waals surface area contributed by atoms with E-state index in [0.29, 0.717) is 5.56 Å². The molecule has 0 aliphatic rings. The Morgan fingerprint density at radius 3 is 2.27 bits per heavy atom. The van der Waals surface area contributed by atoms with E-state index in [-0.39, 0.29) is 23.0 Å². The summed E-state index contributed by atoms with van der Waals surface area (Å²) in [7, 11) is 1.37. The predicted octanol–water partition coefficient (Wildman–Crippen LogP) is 1.47. The quantitative estimate of drug-likeness (QED) is 0.497. The van der Waals surface area contributed by atoms with Crippen molar-refractivity contribution in [1.82, 2.24) is 0 Å². The fraction of sp³-hybridized carbons (Fsp3) is 0.125. The van der Waals surface area contributed by atoms with Crippen LogP contribution < -0.4 is 0 Å². The summed E-state index contributed by atoms with van der Waals surface area (Å²) in [6.45, 7) is 0. The van der Waals surface area contributed by atoms with Crippen molar-refractivity contribution in [2.24, 2.45) is 0 Å². The minimum atomic E-state index is -0.291. The molecule has 0 amide bonds. The van der Waals surface area contributed by atoms with Crippen LogP contribution in [0.3, 0.4) is 0 Å². The van der Waals surface area contributed by atoms with Gasteiger partial charge in [0, 0.05) is 17.1 Å². The number of ether oxygens (including phenoxy) is 1. The predicted molar refractivity (Wildman–Crippen MR) is 37.8 cm³/mol. The second-order valence-electron chi connectivity index (χ2n) is 1.86. The van der Waals surface area contributed by atoms with Crippen LogP contribution in [0, 0.1) is 0 Å². The number of methoxy groups -OCH3 is 1. The molecule has 1 rings (SSSR count). The largest absolute Gasteiger partial charge is 0.465 e. The second kappa shape index (κ2) is 4.94. The Balaban J connectivity index is 0.000001000. The summed E-state index contributed by atoms with van der Waals surface area (Å²) >= 11 is 0. The van der Waals surface area contributed by atoms with E-state index >= 15 is 0 Å². The summed E-state index contributed by atoms with van der Waals surface area (Å²) in [6.07, 6.45) is 0. The molecule has 2 nitrogen and oxygen atoms in total. The van der Waals surface area contributed by atoms with Crippen LogP contribution >= 0.6 is 0 Å². The van der Waals surface area contributed by atoms with Gasteiger partial charge in [-0.05, 0) is 12.1 Å². The summed E-state index contributed by atoms with van der Waals surface area (Å²) in [6, 6.07) is 8.88. The van der Waals surface area contributed by atoms with E-state index in [1.54, 1.807) is 24.3 Å². The number of carbonyl (C=O) groups excluding carboxylic acids is 1. The first-order chi connectivity index (χ1) is 4.84. The van der Waals surface area contributed by atoms with E-state index < -0.39 is 0 Å². The van der Waals surface area contributed by atoms with Crippen LogP contribution in [-0.2, 0) is 21.8 Å². The fourth-order valence-corrected chi connectivity index (χ4v) is 0.692. The topological polar surface area (TPSA) is 26.3 Å². The number of hydrogen-bond acceptors (Lipinski definition) is 2. The molecule has 0 aliphatic heterocycles. The molecule has 3 heteroatoms. The molecule has 0 spiro atoms. The maximum absolute atomic E-state index is 10.8. The SMILES string of the molecule is COC(=O)c1ccccc1.[Fe]. The summed E-state index contributed by atoms with van der Waals surface area (Å²) < 4.78 is 4.50. The molecule has 1 aromatic rings. The van der Waals surface area contributed by atoms with Crippen LogP contribution in [0.4, 0.5) is 0 Å². The van der Waals surface area contributed by atoms with Crippen molar-refractivity contribution in [2.75, 3.05) is 7.11 Å². The van der Waals surface area contributed by atoms with Crippen molar-refractivity contribution in [3.63, 3.8) is 0 Å². The molecule has 0 aromatic heterocycles. The molecule has 0 saturated carbocycles. The molecule has 0 fully saturated rings. The van der Waals surface area contributed by atoms with Gasteiger partial charge in [-0.1, -0.05) is 18.2 Å². The Morgan fingerprint density at radius 2 is 1.82 bits per heavy atom. The van der Waals surface area contributed by atoms with Crippen LogP contribution in [0.1, 0.15) is 10.4 Å². The molecule has 0 radical (unpaired) electrons. The summed E-state index contributed by atoms with van der Waals surface area (Å²) in [5.74, 6) is -0.291. The van der Waals surface area contributed by atoms with Gasteiger partial charge in [0.2, 0.25) is 0 Å². The summed E-state index contributed by atoms with van der Waals surface area (Å²) in [4.78, 5) is 10.8. The monoisotopic (exact) mass is 192 g/mol. The zero-order chi connectivity index (χ0) is 7.40. The number of rotatable bonds is 1. The number of esters is 1. The Morgan fingerprint density at radius 1 is 1.27 bits per heavy atom. The zero-order valence-electron chi connectivity index (χ0n) is 6.06. The average molecular weight is 192 g/mol. The van der Waals surface area contributed by atoms with E-state index in [0.717, 1.165) is 0 Å². The molecule has 0 atom stereocenters. The molecule has 11 heavy (non-hydrogen) atoms.